The first-order valence-electron chi connectivity index (χ1n) is 8.91. The second-order valence-corrected chi connectivity index (χ2v) is 8.03. The summed E-state index contributed by atoms with van der Waals surface area (Å²) in [4.78, 5) is 23.0. The molecule has 3 aromatic rings. The van der Waals surface area contributed by atoms with Crippen LogP contribution in [-0.2, 0) is 13.1 Å². The summed E-state index contributed by atoms with van der Waals surface area (Å²) in [6.07, 6.45) is 5.74. The van der Waals surface area contributed by atoms with E-state index in [2.05, 4.69) is 55.2 Å². The number of likely N-dealkylation sites (tertiary alicyclic amines) is 1. The van der Waals surface area contributed by atoms with Crippen LogP contribution in [0.3, 0.4) is 0 Å². The molecule has 2 unspecified atom stereocenters. The van der Waals surface area contributed by atoms with Crippen LogP contribution in [0.1, 0.15) is 27.0 Å². The van der Waals surface area contributed by atoms with E-state index in [9.17, 15) is 4.79 Å². The number of carbonyl (C=O) groups excluding carboxylic acids is 1. The molecule has 1 saturated heterocycles. The lowest BCUT2D eigenvalue weighted by molar-refractivity contribution is 0.0559. The van der Waals surface area contributed by atoms with Crippen LogP contribution in [0.2, 0.25) is 0 Å². The van der Waals surface area contributed by atoms with E-state index in [1.165, 1.54) is 10.4 Å². The Labute approximate surface area is 156 Å². The van der Waals surface area contributed by atoms with E-state index in [1.54, 1.807) is 11.3 Å². The van der Waals surface area contributed by atoms with E-state index >= 15 is 0 Å². The predicted octanol–water partition coefficient (Wildman–Crippen LogP) is 3.03. The number of thiophene rings is 1. The highest BCUT2D eigenvalue weighted by Gasteiger charge is 2.44. The average molecular weight is 364 g/mol. The van der Waals surface area contributed by atoms with Crippen LogP contribution >= 0.6 is 11.3 Å². The van der Waals surface area contributed by atoms with Gasteiger partial charge in [0.1, 0.15) is 5.69 Å². The number of rotatable bonds is 4. The molecule has 0 saturated carbocycles. The zero-order chi connectivity index (χ0) is 17.5. The molecular weight excluding hydrogens is 344 g/mol. The maximum atomic E-state index is 13.1. The largest absolute Gasteiger partial charge is 0.337 e. The number of amides is 1. The Hall–Kier alpha value is -2.44. The van der Waals surface area contributed by atoms with Crippen LogP contribution < -0.4 is 0 Å². The zero-order valence-corrected chi connectivity index (χ0v) is 15.2. The summed E-state index contributed by atoms with van der Waals surface area (Å²) in [5.41, 5.74) is 2.08. The molecule has 26 heavy (non-hydrogen) atoms. The topological polar surface area (TPSA) is 41.4 Å². The molecule has 0 bridgehead atoms. The van der Waals surface area contributed by atoms with E-state index in [4.69, 9.17) is 0 Å². The number of aromatic nitrogens is 2. The summed E-state index contributed by atoms with van der Waals surface area (Å²) < 4.78 is 2.18. The fourth-order valence-corrected chi connectivity index (χ4v) is 4.93. The Morgan fingerprint density at radius 1 is 1.04 bits per heavy atom. The minimum absolute atomic E-state index is 0.149. The van der Waals surface area contributed by atoms with Gasteiger partial charge in [-0.25, -0.2) is 0 Å². The van der Waals surface area contributed by atoms with Crippen molar-refractivity contribution in [3.63, 3.8) is 0 Å². The van der Waals surface area contributed by atoms with Gasteiger partial charge in [-0.2, -0.15) is 0 Å². The first-order chi connectivity index (χ1) is 12.8. The lowest BCUT2D eigenvalue weighted by Gasteiger charge is -2.38. The summed E-state index contributed by atoms with van der Waals surface area (Å²) in [5.74, 6) is 0.149. The standard InChI is InChI=1S/C20H20N4OS/c25-20-17-4-1-9-23(17)18-13-22(11-15-5-7-21-8-6-15)14-19(18)24(20)12-16-3-2-10-26-16/h1-10,18-19H,11-14H2. The van der Waals surface area contributed by atoms with Crippen molar-refractivity contribution in [1.82, 2.24) is 19.4 Å². The number of carbonyl (C=O) groups is 1. The van der Waals surface area contributed by atoms with E-state index in [-0.39, 0.29) is 11.9 Å². The van der Waals surface area contributed by atoms with Crippen molar-refractivity contribution >= 4 is 17.2 Å². The fraction of sp³-hybridized carbons (Fsp3) is 0.300. The molecular formula is C20H20N4OS. The molecule has 0 aromatic carbocycles. The summed E-state index contributed by atoms with van der Waals surface area (Å²) in [5, 5.41) is 2.08. The number of hydrogen-bond acceptors (Lipinski definition) is 4. The fourth-order valence-electron chi connectivity index (χ4n) is 4.22. The third-order valence-corrected chi connectivity index (χ3v) is 6.27. The Balaban J connectivity index is 1.44. The molecule has 2 aliphatic heterocycles. The highest BCUT2D eigenvalue weighted by Crippen LogP contribution is 2.35. The summed E-state index contributed by atoms with van der Waals surface area (Å²) in [7, 11) is 0. The second kappa shape index (κ2) is 6.37. The molecule has 132 valence electrons. The van der Waals surface area contributed by atoms with Gasteiger partial charge in [-0.3, -0.25) is 14.7 Å². The average Bonchev–Trinajstić information content (AvgIpc) is 3.39. The summed E-state index contributed by atoms with van der Waals surface area (Å²) in [6.45, 7) is 3.46. The van der Waals surface area contributed by atoms with Crippen LogP contribution in [0.4, 0.5) is 0 Å². The van der Waals surface area contributed by atoms with Gasteiger partial charge in [-0.15, -0.1) is 11.3 Å². The maximum absolute atomic E-state index is 13.1. The Kier molecular flexibility index (Phi) is 3.87. The van der Waals surface area contributed by atoms with Crippen LogP contribution in [0.15, 0.2) is 60.4 Å². The van der Waals surface area contributed by atoms with Crippen LogP contribution in [-0.4, -0.2) is 44.4 Å². The molecule has 2 atom stereocenters. The third-order valence-electron chi connectivity index (χ3n) is 5.41. The van der Waals surface area contributed by atoms with Gasteiger partial charge in [-0.05, 0) is 41.3 Å². The summed E-state index contributed by atoms with van der Waals surface area (Å²) in [6, 6.07) is 12.8. The third kappa shape index (κ3) is 2.66. The van der Waals surface area contributed by atoms with Crippen molar-refractivity contribution in [3.8, 4) is 0 Å². The zero-order valence-electron chi connectivity index (χ0n) is 14.4. The lowest BCUT2D eigenvalue weighted by atomic mass is 10.1. The second-order valence-electron chi connectivity index (χ2n) is 7.00. The molecule has 5 nitrogen and oxygen atoms in total. The van der Waals surface area contributed by atoms with E-state index in [1.807, 2.05) is 24.5 Å². The Bertz CT molecular complexity index is 905. The minimum Gasteiger partial charge on any atom is -0.337 e. The predicted molar refractivity (Wildman–Crippen MR) is 101 cm³/mol. The first-order valence-corrected chi connectivity index (χ1v) is 9.79. The van der Waals surface area contributed by atoms with Crippen LogP contribution in [0.25, 0.3) is 0 Å². The minimum atomic E-state index is 0.149. The quantitative estimate of drug-likeness (QED) is 0.715. The van der Waals surface area contributed by atoms with Gasteiger partial charge in [0.05, 0.1) is 18.6 Å². The van der Waals surface area contributed by atoms with Crippen molar-refractivity contribution in [2.75, 3.05) is 13.1 Å². The number of hydrogen-bond donors (Lipinski definition) is 0. The van der Waals surface area contributed by atoms with Crippen molar-refractivity contribution in [2.45, 2.75) is 25.2 Å². The van der Waals surface area contributed by atoms with E-state index < -0.39 is 0 Å². The highest BCUT2D eigenvalue weighted by atomic mass is 32.1. The lowest BCUT2D eigenvalue weighted by Crippen LogP contribution is -2.49. The van der Waals surface area contributed by atoms with E-state index in [0.29, 0.717) is 12.6 Å². The smallest absolute Gasteiger partial charge is 0.271 e. The Morgan fingerprint density at radius 3 is 2.69 bits per heavy atom. The number of fused-ring (bicyclic) bond motifs is 3. The molecule has 0 aliphatic carbocycles. The SMILES string of the molecule is O=C1c2cccn2C2CN(Cc3ccncc3)CC2N1Cc1cccs1. The van der Waals surface area contributed by atoms with Gasteiger partial charge in [0.25, 0.3) is 5.91 Å². The number of pyridine rings is 1. The van der Waals surface area contributed by atoms with Crippen LogP contribution in [0, 0.1) is 0 Å². The van der Waals surface area contributed by atoms with Gasteiger partial charge in [0.2, 0.25) is 0 Å². The first kappa shape index (κ1) is 15.8. The van der Waals surface area contributed by atoms with Gasteiger partial charge in [0.15, 0.2) is 0 Å². The van der Waals surface area contributed by atoms with E-state index in [0.717, 1.165) is 25.3 Å². The van der Waals surface area contributed by atoms with Gasteiger partial charge < -0.3 is 9.47 Å². The van der Waals surface area contributed by atoms with Crippen molar-refractivity contribution in [2.24, 2.45) is 0 Å². The summed E-state index contributed by atoms with van der Waals surface area (Å²) >= 11 is 1.72. The van der Waals surface area contributed by atoms with Gasteiger partial charge in [-0.1, -0.05) is 6.07 Å². The van der Waals surface area contributed by atoms with Crippen molar-refractivity contribution in [1.29, 1.82) is 0 Å². The molecule has 3 aromatic heterocycles. The molecule has 5 heterocycles. The van der Waals surface area contributed by atoms with Crippen molar-refractivity contribution in [3.05, 3.63) is 76.5 Å². The van der Waals surface area contributed by atoms with Crippen LogP contribution in [0.5, 0.6) is 0 Å². The number of nitrogens with zero attached hydrogens (tertiary/aromatic N) is 4. The molecule has 0 N–H and O–H groups in total. The van der Waals surface area contributed by atoms with Gasteiger partial charge >= 0.3 is 0 Å². The molecule has 1 fully saturated rings. The van der Waals surface area contributed by atoms with Gasteiger partial charge in [0, 0.05) is 43.1 Å². The molecule has 2 aliphatic rings. The molecule has 5 rings (SSSR count). The maximum Gasteiger partial charge on any atom is 0.271 e. The van der Waals surface area contributed by atoms with Crippen molar-refractivity contribution < 1.29 is 4.79 Å². The molecule has 6 heteroatoms. The molecule has 1 amide bonds. The molecule has 0 radical (unpaired) electrons. The normalized spacial score (nSPS) is 22.5. The molecule has 0 spiro atoms. The Morgan fingerprint density at radius 2 is 1.88 bits per heavy atom. The monoisotopic (exact) mass is 364 g/mol. The highest BCUT2D eigenvalue weighted by molar-refractivity contribution is 7.09.